The molecule has 0 aromatic carbocycles. The topological polar surface area (TPSA) is 76.7 Å². The maximum absolute atomic E-state index is 5.68. The van der Waals surface area contributed by atoms with Gasteiger partial charge >= 0.3 is 0 Å². The molecule has 0 saturated carbocycles. The van der Waals surface area contributed by atoms with Gasteiger partial charge in [0.05, 0.1) is 11.4 Å². The molecule has 0 aliphatic rings. The van der Waals surface area contributed by atoms with Gasteiger partial charge in [-0.1, -0.05) is 13.8 Å². The summed E-state index contributed by atoms with van der Waals surface area (Å²) in [7, 11) is 0. The highest BCUT2D eigenvalue weighted by Gasteiger charge is 2.05. The summed E-state index contributed by atoms with van der Waals surface area (Å²) in [6.45, 7) is 7.02. The van der Waals surface area contributed by atoms with Gasteiger partial charge < -0.3 is 11.1 Å². The highest BCUT2D eigenvalue weighted by atomic mass is 15.2. The van der Waals surface area contributed by atoms with E-state index in [-0.39, 0.29) is 6.04 Å². The number of aromatic nitrogens is 3. The second-order valence-corrected chi connectivity index (χ2v) is 4.28. The number of anilines is 1. The maximum Gasteiger partial charge on any atom is 0.242 e. The van der Waals surface area contributed by atoms with Crippen molar-refractivity contribution >= 4 is 5.95 Å². The number of nitrogens with two attached hydrogens (primary N) is 1. The minimum absolute atomic E-state index is 0.254. The van der Waals surface area contributed by atoms with Crippen LogP contribution in [0.1, 0.15) is 45.0 Å². The Morgan fingerprint density at radius 3 is 2.47 bits per heavy atom. The Labute approximate surface area is 103 Å². The molecule has 0 fully saturated rings. The lowest BCUT2D eigenvalue weighted by molar-refractivity contribution is 0.637. The zero-order chi connectivity index (χ0) is 12.7. The first-order chi connectivity index (χ1) is 8.17. The summed E-state index contributed by atoms with van der Waals surface area (Å²) in [5.74, 6) is 0.628. The fourth-order valence-corrected chi connectivity index (χ4v) is 1.64. The molecule has 1 unspecified atom stereocenters. The summed E-state index contributed by atoms with van der Waals surface area (Å²) in [6.07, 6.45) is 3.81. The van der Waals surface area contributed by atoms with Crippen molar-refractivity contribution in [2.24, 2.45) is 5.73 Å². The molecule has 0 spiro atoms. The van der Waals surface area contributed by atoms with E-state index < -0.39 is 0 Å². The van der Waals surface area contributed by atoms with Crippen LogP contribution in [-0.2, 0) is 12.8 Å². The molecule has 1 aromatic heterocycles. The Hall–Kier alpha value is -1.23. The molecule has 3 N–H and O–H groups in total. The van der Waals surface area contributed by atoms with E-state index in [2.05, 4.69) is 34.3 Å². The molecular formula is C12H23N5. The first kappa shape index (κ1) is 13.8. The van der Waals surface area contributed by atoms with Crippen molar-refractivity contribution in [3.63, 3.8) is 0 Å². The molecule has 1 rings (SSSR count). The standard InChI is InChI=1S/C12H23N5/c1-4-10-11(5-2)16-17-12(15-10)14-8-6-7-9(3)13/h9H,4-8,13H2,1-3H3,(H,14,15,17). The van der Waals surface area contributed by atoms with Crippen molar-refractivity contribution in [3.8, 4) is 0 Å². The van der Waals surface area contributed by atoms with Crippen molar-refractivity contribution < 1.29 is 0 Å². The summed E-state index contributed by atoms with van der Waals surface area (Å²) in [5, 5.41) is 11.4. The predicted molar refractivity (Wildman–Crippen MR) is 70.0 cm³/mol. The van der Waals surface area contributed by atoms with Gasteiger partial charge in [0.2, 0.25) is 5.95 Å². The van der Waals surface area contributed by atoms with Crippen LogP contribution in [0, 0.1) is 0 Å². The third-order valence-electron chi connectivity index (χ3n) is 2.63. The van der Waals surface area contributed by atoms with Gasteiger partial charge in [-0.05, 0) is 32.6 Å². The monoisotopic (exact) mass is 237 g/mol. The Morgan fingerprint density at radius 2 is 1.88 bits per heavy atom. The number of rotatable bonds is 7. The molecule has 1 atom stereocenters. The van der Waals surface area contributed by atoms with Crippen LogP contribution in [0.15, 0.2) is 0 Å². The molecule has 17 heavy (non-hydrogen) atoms. The predicted octanol–water partition coefficient (Wildman–Crippen LogP) is 1.54. The smallest absolute Gasteiger partial charge is 0.242 e. The van der Waals surface area contributed by atoms with Crippen molar-refractivity contribution in [1.29, 1.82) is 0 Å². The highest BCUT2D eigenvalue weighted by molar-refractivity contribution is 5.25. The van der Waals surface area contributed by atoms with Crippen LogP contribution < -0.4 is 11.1 Å². The van der Waals surface area contributed by atoms with Gasteiger partial charge in [-0.3, -0.25) is 0 Å². The zero-order valence-corrected chi connectivity index (χ0v) is 11.0. The second kappa shape index (κ2) is 7.17. The molecule has 1 heterocycles. The van der Waals surface area contributed by atoms with Crippen LogP contribution >= 0.6 is 0 Å². The molecule has 5 nitrogen and oxygen atoms in total. The minimum atomic E-state index is 0.254. The van der Waals surface area contributed by atoms with Crippen LogP contribution in [0.3, 0.4) is 0 Å². The van der Waals surface area contributed by atoms with Gasteiger partial charge in [0.25, 0.3) is 0 Å². The van der Waals surface area contributed by atoms with E-state index in [0.717, 1.165) is 43.6 Å². The highest BCUT2D eigenvalue weighted by Crippen LogP contribution is 2.06. The summed E-state index contributed by atoms with van der Waals surface area (Å²) >= 11 is 0. The number of nitrogens with zero attached hydrogens (tertiary/aromatic N) is 3. The summed E-state index contributed by atoms with van der Waals surface area (Å²) in [4.78, 5) is 4.46. The minimum Gasteiger partial charge on any atom is -0.353 e. The fraction of sp³-hybridized carbons (Fsp3) is 0.750. The SMILES string of the molecule is CCc1nnc(NCCCC(C)N)nc1CC. The third kappa shape index (κ3) is 4.65. The Kier molecular flexibility index (Phi) is 5.83. The van der Waals surface area contributed by atoms with E-state index in [1.54, 1.807) is 0 Å². The van der Waals surface area contributed by atoms with E-state index in [1.165, 1.54) is 0 Å². The number of hydrogen-bond acceptors (Lipinski definition) is 5. The molecule has 0 aliphatic carbocycles. The van der Waals surface area contributed by atoms with Gasteiger partial charge in [-0.2, -0.15) is 5.10 Å². The average Bonchev–Trinajstić information content (AvgIpc) is 2.34. The van der Waals surface area contributed by atoms with E-state index >= 15 is 0 Å². The summed E-state index contributed by atoms with van der Waals surface area (Å²) in [5.41, 5.74) is 7.72. The van der Waals surface area contributed by atoms with Crippen LogP contribution in [0.5, 0.6) is 0 Å². The Balaban J connectivity index is 2.48. The Bertz CT molecular complexity index is 338. The van der Waals surface area contributed by atoms with E-state index in [9.17, 15) is 0 Å². The molecule has 0 bridgehead atoms. The number of nitrogens with one attached hydrogen (secondary N) is 1. The van der Waals surface area contributed by atoms with Crippen molar-refractivity contribution in [2.75, 3.05) is 11.9 Å². The lowest BCUT2D eigenvalue weighted by Gasteiger charge is -2.08. The number of aryl methyl sites for hydroxylation is 2. The van der Waals surface area contributed by atoms with E-state index in [1.807, 2.05) is 6.92 Å². The summed E-state index contributed by atoms with van der Waals surface area (Å²) in [6, 6.07) is 0.254. The normalized spacial score (nSPS) is 12.5. The first-order valence-electron chi connectivity index (χ1n) is 6.39. The first-order valence-corrected chi connectivity index (χ1v) is 6.39. The van der Waals surface area contributed by atoms with Crippen LogP contribution in [0.4, 0.5) is 5.95 Å². The Morgan fingerprint density at radius 1 is 1.18 bits per heavy atom. The van der Waals surface area contributed by atoms with Gasteiger partial charge in [0.1, 0.15) is 0 Å². The maximum atomic E-state index is 5.68. The van der Waals surface area contributed by atoms with Crippen LogP contribution in [0.2, 0.25) is 0 Å². The third-order valence-corrected chi connectivity index (χ3v) is 2.63. The summed E-state index contributed by atoms with van der Waals surface area (Å²) < 4.78 is 0. The van der Waals surface area contributed by atoms with Crippen molar-refractivity contribution in [1.82, 2.24) is 15.2 Å². The van der Waals surface area contributed by atoms with Crippen molar-refractivity contribution in [2.45, 2.75) is 52.5 Å². The van der Waals surface area contributed by atoms with Gasteiger partial charge in [0.15, 0.2) is 0 Å². The second-order valence-electron chi connectivity index (χ2n) is 4.28. The van der Waals surface area contributed by atoms with Gasteiger partial charge in [-0.15, -0.1) is 5.10 Å². The van der Waals surface area contributed by atoms with E-state index in [0.29, 0.717) is 5.95 Å². The quantitative estimate of drug-likeness (QED) is 0.703. The number of hydrogen-bond donors (Lipinski definition) is 2. The van der Waals surface area contributed by atoms with Gasteiger partial charge in [0, 0.05) is 12.6 Å². The molecule has 1 aromatic rings. The fourth-order valence-electron chi connectivity index (χ4n) is 1.64. The molecule has 0 radical (unpaired) electrons. The molecule has 96 valence electrons. The average molecular weight is 237 g/mol. The largest absolute Gasteiger partial charge is 0.353 e. The van der Waals surface area contributed by atoms with Crippen molar-refractivity contribution in [3.05, 3.63) is 11.4 Å². The molecular weight excluding hydrogens is 214 g/mol. The van der Waals surface area contributed by atoms with Gasteiger partial charge in [-0.25, -0.2) is 4.98 Å². The van der Waals surface area contributed by atoms with E-state index in [4.69, 9.17) is 5.73 Å². The molecule has 0 saturated heterocycles. The molecule has 0 amide bonds. The molecule has 0 aliphatic heterocycles. The molecule has 5 heteroatoms. The lowest BCUT2D eigenvalue weighted by Crippen LogP contribution is -2.17. The lowest BCUT2D eigenvalue weighted by atomic mass is 10.2. The van der Waals surface area contributed by atoms with Crippen LogP contribution in [0.25, 0.3) is 0 Å². The zero-order valence-electron chi connectivity index (χ0n) is 11.0. The van der Waals surface area contributed by atoms with Crippen LogP contribution in [-0.4, -0.2) is 27.8 Å².